The highest BCUT2D eigenvalue weighted by Gasteiger charge is 2.27. The van der Waals surface area contributed by atoms with E-state index in [2.05, 4.69) is 21.7 Å². The van der Waals surface area contributed by atoms with E-state index in [1.54, 1.807) is 18.3 Å². The van der Waals surface area contributed by atoms with Gasteiger partial charge in [-0.25, -0.2) is 8.42 Å². The van der Waals surface area contributed by atoms with E-state index in [9.17, 15) is 13.2 Å². The summed E-state index contributed by atoms with van der Waals surface area (Å²) in [5, 5.41) is 6.11. The minimum Gasteiger partial charge on any atom is -0.381 e. The molecule has 1 amide bonds. The number of amides is 1. The molecule has 2 N–H and O–H groups in total. The Morgan fingerprint density at radius 3 is 2.92 bits per heavy atom. The Morgan fingerprint density at radius 2 is 2.20 bits per heavy atom. The first kappa shape index (κ1) is 17.9. The number of hydrogen-bond acceptors (Lipinski definition) is 5. The molecular formula is C18H25N3O3S. The highest BCUT2D eigenvalue weighted by atomic mass is 32.2. The fourth-order valence-electron chi connectivity index (χ4n) is 3.35. The van der Waals surface area contributed by atoms with Crippen LogP contribution >= 0.6 is 0 Å². The molecule has 1 aliphatic carbocycles. The molecule has 0 aromatic carbocycles. The molecule has 0 saturated carbocycles. The SMILES string of the molecule is O=C(NCCC1=CCCCC1)c1cc(NC2CCS(=O)(=O)C2)ccn1. The Balaban J connectivity index is 1.51. The van der Waals surface area contributed by atoms with Gasteiger partial charge < -0.3 is 10.6 Å². The van der Waals surface area contributed by atoms with Gasteiger partial charge in [0.05, 0.1) is 11.5 Å². The van der Waals surface area contributed by atoms with Crippen molar-refractivity contribution in [2.45, 2.75) is 44.6 Å². The fourth-order valence-corrected chi connectivity index (χ4v) is 5.02. The first-order valence-corrected chi connectivity index (χ1v) is 10.7. The van der Waals surface area contributed by atoms with E-state index in [4.69, 9.17) is 0 Å². The number of carbonyl (C=O) groups is 1. The molecule has 1 atom stereocenters. The first-order chi connectivity index (χ1) is 12.0. The van der Waals surface area contributed by atoms with Crippen LogP contribution in [0.5, 0.6) is 0 Å². The Hall–Kier alpha value is -1.89. The van der Waals surface area contributed by atoms with Crippen LogP contribution in [0.2, 0.25) is 0 Å². The van der Waals surface area contributed by atoms with Crippen molar-refractivity contribution in [3.8, 4) is 0 Å². The summed E-state index contributed by atoms with van der Waals surface area (Å²) in [6.07, 6.45) is 10.1. The summed E-state index contributed by atoms with van der Waals surface area (Å²) < 4.78 is 23.1. The number of rotatable bonds is 6. The van der Waals surface area contributed by atoms with Gasteiger partial charge in [-0.05, 0) is 50.7 Å². The van der Waals surface area contributed by atoms with Crippen molar-refractivity contribution in [2.75, 3.05) is 23.4 Å². The number of aromatic nitrogens is 1. The minimum atomic E-state index is -2.93. The van der Waals surface area contributed by atoms with Gasteiger partial charge >= 0.3 is 0 Å². The third-order valence-electron chi connectivity index (χ3n) is 4.71. The van der Waals surface area contributed by atoms with Gasteiger partial charge in [0.2, 0.25) is 0 Å². The molecule has 1 aliphatic heterocycles. The van der Waals surface area contributed by atoms with Crippen LogP contribution in [0.15, 0.2) is 30.0 Å². The Morgan fingerprint density at radius 1 is 1.32 bits per heavy atom. The number of nitrogens with zero attached hydrogens (tertiary/aromatic N) is 1. The zero-order valence-electron chi connectivity index (χ0n) is 14.3. The van der Waals surface area contributed by atoms with Crippen molar-refractivity contribution < 1.29 is 13.2 Å². The monoisotopic (exact) mass is 363 g/mol. The average Bonchev–Trinajstić information content (AvgIpc) is 2.94. The van der Waals surface area contributed by atoms with Crippen LogP contribution in [-0.2, 0) is 9.84 Å². The lowest BCUT2D eigenvalue weighted by Crippen LogP contribution is -2.26. The molecule has 1 aromatic rings. The highest BCUT2D eigenvalue weighted by Crippen LogP contribution is 2.20. The normalized spacial score (nSPS) is 22.2. The predicted octanol–water partition coefficient (Wildman–Crippen LogP) is 2.30. The molecule has 2 aliphatic rings. The van der Waals surface area contributed by atoms with E-state index in [0.717, 1.165) is 24.9 Å². The van der Waals surface area contributed by atoms with E-state index in [0.29, 0.717) is 18.7 Å². The van der Waals surface area contributed by atoms with E-state index in [1.807, 2.05) is 0 Å². The van der Waals surface area contributed by atoms with Crippen molar-refractivity contribution >= 4 is 21.4 Å². The maximum atomic E-state index is 12.3. The third-order valence-corrected chi connectivity index (χ3v) is 6.48. The molecule has 6 nitrogen and oxygen atoms in total. The van der Waals surface area contributed by atoms with Gasteiger partial charge in [-0.1, -0.05) is 11.6 Å². The largest absolute Gasteiger partial charge is 0.381 e. The average molecular weight is 363 g/mol. The summed E-state index contributed by atoms with van der Waals surface area (Å²) in [6, 6.07) is 3.34. The van der Waals surface area contributed by atoms with Crippen molar-refractivity contribution in [1.29, 1.82) is 0 Å². The number of pyridine rings is 1. The van der Waals surface area contributed by atoms with Gasteiger partial charge in [-0.2, -0.15) is 0 Å². The zero-order valence-corrected chi connectivity index (χ0v) is 15.1. The van der Waals surface area contributed by atoms with Gasteiger partial charge in [0.25, 0.3) is 5.91 Å². The van der Waals surface area contributed by atoms with Crippen LogP contribution in [0.4, 0.5) is 5.69 Å². The van der Waals surface area contributed by atoms with Gasteiger partial charge in [0.15, 0.2) is 9.84 Å². The Bertz CT molecular complexity index is 759. The van der Waals surface area contributed by atoms with Crippen molar-refractivity contribution in [3.63, 3.8) is 0 Å². The van der Waals surface area contributed by atoms with E-state index < -0.39 is 9.84 Å². The van der Waals surface area contributed by atoms with E-state index >= 15 is 0 Å². The maximum absolute atomic E-state index is 12.3. The number of sulfone groups is 1. The second-order valence-corrected chi connectivity index (χ2v) is 9.02. The second-order valence-electron chi connectivity index (χ2n) is 6.79. The van der Waals surface area contributed by atoms with Crippen LogP contribution in [0.3, 0.4) is 0 Å². The van der Waals surface area contributed by atoms with Gasteiger partial charge in [-0.15, -0.1) is 0 Å². The highest BCUT2D eigenvalue weighted by molar-refractivity contribution is 7.91. The van der Waals surface area contributed by atoms with Crippen LogP contribution in [-0.4, -0.2) is 43.4 Å². The Labute approximate surface area is 149 Å². The molecule has 1 saturated heterocycles. The molecule has 136 valence electrons. The maximum Gasteiger partial charge on any atom is 0.269 e. The summed E-state index contributed by atoms with van der Waals surface area (Å²) in [6.45, 7) is 0.616. The Kier molecular flexibility index (Phi) is 5.73. The van der Waals surface area contributed by atoms with Crippen LogP contribution in [0.25, 0.3) is 0 Å². The molecule has 0 radical (unpaired) electrons. The van der Waals surface area contributed by atoms with E-state index in [1.165, 1.54) is 18.4 Å². The van der Waals surface area contributed by atoms with Crippen molar-refractivity contribution in [2.24, 2.45) is 0 Å². The minimum absolute atomic E-state index is 0.0958. The topological polar surface area (TPSA) is 88.2 Å². The molecule has 0 spiro atoms. The quantitative estimate of drug-likeness (QED) is 0.757. The van der Waals surface area contributed by atoms with Gasteiger partial charge in [0, 0.05) is 24.5 Å². The molecule has 1 fully saturated rings. The summed E-state index contributed by atoms with van der Waals surface area (Å²) in [5.41, 5.74) is 2.51. The molecule has 7 heteroatoms. The summed E-state index contributed by atoms with van der Waals surface area (Å²) in [5.74, 6) is 0.171. The second kappa shape index (κ2) is 7.99. The number of allylic oxidation sites excluding steroid dienone is 1. The molecule has 2 heterocycles. The summed E-state index contributed by atoms with van der Waals surface area (Å²) >= 11 is 0. The van der Waals surface area contributed by atoms with Crippen molar-refractivity contribution in [3.05, 3.63) is 35.7 Å². The third kappa shape index (κ3) is 5.29. The number of hydrogen-bond donors (Lipinski definition) is 2. The predicted molar refractivity (Wildman–Crippen MR) is 98.4 cm³/mol. The van der Waals surface area contributed by atoms with E-state index in [-0.39, 0.29) is 23.5 Å². The number of nitrogens with one attached hydrogen (secondary N) is 2. The smallest absolute Gasteiger partial charge is 0.269 e. The zero-order chi connectivity index (χ0) is 17.7. The number of anilines is 1. The molecule has 3 rings (SSSR count). The first-order valence-electron chi connectivity index (χ1n) is 8.91. The lowest BCUT2D eigenvalue weighted by atomic mass is 9.97. The molecule has 1 unspecified atom stereocenters. The molecule has 0 bridgehead atoms. The molecule has 25 heavy (non-hydrogen) atoms. The summed E-state index contributed by atoms with van der Waals surface area (Å²) in [4.78, 5) is 16.4. The van der Waals surface area contributed by atoms with Crippen molar-refractivity contribution in [1.82, 2.24) is 10.3 Å². The standard InChI is InChI=1S/C18H25N3O3S/c22-18(20-9-6-14-4-2-1-3-5-14)17-12-15(7-10-19-17)21-16-8-11-25(23,24)13-16/h4,7,10,12,16H,1-3,5-6,8-9,11,13H2,(H,19,21)(H,20,22). The lowest BCUT2D eigenvalue weighted by Gasteiger charge is -2.14. The van der Waals surface area contributed by atoms with Crippen LogP contribution < -0.4 is 10.6 Å². The molecular weight excluding hydrogens is 338 g/mol. The summed E-state index contributed by atoms with van der Waals surface area (Å²) in [7, 11) is -2.93. The fraction of sp³-hybridized carbons (Fsp3) is 0.556. The number of carbonyl (C=O) groups excluding carboxylic acids is 1. The lowest BCUT2D eigenvalue weighted by molar-refractivity contribution is 0.0949. The van der Waals surface area contributed by atoms with Gasteiger partial charge in [0.1, 0.15) is 5.69 Å². The van der Waals surface area contributed by atoms with Crippen LogP contribution in [0.1, 0.15) is 49.0 Å². The van der Waals surface area contributed by atoms with Crippen LogP contribution in [0, 0.1) is 0 Å². The van der Waals surface area contributed by atoms with Gasteiger partial charge in [-0.3, -0.25) is 9.78 Å². The molecule has 1 aromatic heterocycles.